The fraction of sp³-hybridized carbons (Fsp3) is 0.474. The molecule has 0 atom stereocenters. The Hall–Kier alpha value is -1.75. The van der Waals surface area contributed by atoms with E-state index >= 15 is 0 Å². The maximum Gasteiger partial charge on any atom is 0.225 e. The number of pyridine rings is 1. The number of benzene rings is 1. The SMILES string of the molecule is O=C(C1CCN(c2nccc3ccccc23)CC1)N1CCSCC1. The van der Waals surface area contributed by atoms with Crippen molar-refractivity contribution in [2.75, 3.05) is 42.6 Å². The Morgan fingerprint density at radius 2 is 1.79 bits per heavy atom. The molecule has 2 aromatic rings. The normalized spacial score (nSPS) is 19.7. The van der Waals surface area contributed by atoms with Crippen LogP contribution < -0.4 is 4.90 Å². The number of aromatic nitrogens is 1. The standard InChI is InChI=1S/C19H23N3OS/c23-19(22-11-13-24-14-12-22)16-6-9-21(10-7-16)18-17-4-2-1-3-15(17)5-8-20-18/h1-5,8,16H,6-7,9-14H2. The van der Waals surface area contributed by atoms with Crippen molar-refractivity contribution in [3.8, 4) is 0 Å². The van der Waals surface area contributed by atoms with E-state index in [0.717, 1.165) is 56.3 Å². The van der Waals surface area contributed by atoms with Gasteiger partial charge < -0.3 is 9.80 Å². The van der Waals surface area contributed by atoms with Gasteiger partial charge >= 0.3 is 0 Å². The monoisotopic (exact) mass is 341 g/mol. The lowest BCUT2D eigenvalue weighted by Gasteiger charge is -2.36. The summed E-state index contributed by atoms with van der Waals surface area (Å²) in [4.78, 5) is 21.7. The van der Waals surface area contributed by atoms with Gasteiger partial charge in [-0.2, -0.15) is 11.8 Å². The number of carbonyl (C=O) groups excluding carboxylic acids is 1. The fourth-order valence-corrected chi connectivity index (χ4v) is 4.64. The molecule has 0 bridgehead atoms. The first-order chi connectivity index (χ1) is 11.8. The zero-order valence-corrected chi connectivity index (χ0v) is 14.7. The highest BCUT2D eigenvalue weighted by molar-refractivity contribution is 7.99. The molecule has 0 saturated carbocycles. The molecule has 2 aliphatic heterocycles. The van der Waals surface area contributed by atoms with E-state index in [1.807, 2.05) is 18.0 Å². The smallest absolute Gasteiger partial charge is 0.225 e. The molecule has 0 unspecified atom stereocenters. The van der Waals surface area contributed by atoms with Crippen molar-refractivity contribution >= 4 is 34.3 Å². The van der Waals surface area contributed by atoms with E-state index in [2.05, 4.69) is 45.1 Å². The number of fused-ring (bicyclic) bond motifs is 1. The van der Waals surface area contributed by atoms with Gasteiger partial charge in [-0.1, -0.05) is 24.3 Å². The molecule has 1 aromatic carbocycles. The first-order valence-corrected chi connectivity index (χ1v) is 9.93. The highest BCUT2D eigenvalue weighted by Gasteiger charge is 2.30. The van der Waals surface area contributed by atoms with E-state index in [0.29, 0.717) is 5.91 Å². The lowest BCUT2D eigenvalue weighted by Crippen LogP contribution is -2.45. The average Bonchev–Trinajstić information content (AvgIpc) is 2.68. The molecular formula is C19H23N3OS. The molecule has 3 heterocycles. The van der Waals surface area contributed by atoms with Crippen molar-refractivity contribution in [1.82, 2.24) is 9.88 Å². The van der Waals surface area contributed by atoms with Crippen molar-refractivity contribution in [1.29, 1.82) is 0 Å². The third kappa shape index (κ3) is 3.09. The summed E-state index contributed by atoms with van der Waals surface area (Å²) in [5.41, 5.74) is 0. The van der Waals surface area contributed by atoms with Crippen LogP contribution in [-0.4, -0.2) is 53.5 Å². The third-order valence-electron chi connectivity index (χ3n) is 5.12. The number of hydrogen-bond donors (Lipinski definition) is 0. The summed E-state index contributed by atoms with van der Waals surface area (Å²) in [5, 5.41) is 2.43. The van der Waals surface area contributed by atoms with Gasteiger partial charge in [-0.05, 0) is 24.3 Å². The molecule has 2 saturated heterocycles. The first kappa shape index (κ1) is 15.8. The lowest BCUT2D eigenvalue weighted by molar-refractivity contribution is -0.135. The Morgan fingerprint density at radius 3 is 2.58 bits per heavy atom. The second kappa shape index (κ2) is 7.01. The predicted octanol–water partition coefficient (Wildman–Crippen LogP) is 3.03. The third-order valence-corrected chi connectivity index (χ3v) is 6.06. The summed E-state index contributed by atoms with van der Waals surface area (Å²) in [6.07, 6.45) is 3.76. The van der Waals surface area contributed by atoms with Crippen LogP contribution in [0.25, 0.3) is 10.8 Å². The van der Waals surface area contributed by atoms with Gasteiger partial charge in [0, 0.05) is 55.2 Å². The van der Waals surface area contributed by atoms with Crippen molar-refractivity contribution in [2.24, 2.45) is 5.92 Å². The van der Waals surface area contributed by atoms with Crippen LogP contribution in [0.5, 0.6) is 0 Å². The van der Waals surface area contributed by atoms with Crippen molar-refractivity contribution in [3.63, 3.8) is 0 Å². The van der Waals surface area contributed by atoms with Crippen molar-refractivity contribution < 1.29 is 4.79 Å². The Labute approximate surface area is 147 Å². The maximum absolute atomic E-state index is 12.7. The zero-order valence-electron chi connectivity index (χ0n) is 13.9. The topological polar surface area (TPSA) is 36.4 Å². The number of piperidine rings is 1. The highest BCUT2D eigenvalue weighted by atomic mass is 32.2. The summed E-state index contributed by atoms with van der Waals surface area (Å²) in [5.74, 6) is 3.81. The summed E-state index contributed by atoms with van der Waals surface area (Å²) in [6, 6.07) is 10.5. The quantitative estimate of drug-likeness (QED) is 0.841. The number of amides is 1. The fourth-order valence-electron chi connectivity index (χ4n) is 3.74. The molecule has 126 valence electrons. The molecule has 1 aromatic heterocycles. The molecule has 1 amide bonds. The Morgan fingerprint density at radius 1 is 1.04 bits per heavy atom. The van der Waals surface area contributed by atoms with Crippen LogP contribution in [0.3, 0.4) is 0 Å². The van der Waals surface area contributed by atoms with Gasteiger partial charge in [0.2, 0.25) is 5.91 Å². The summed E-state index contributed by atoms with van der Waals surface area (Å²) in [7, 11) is 0. The summed E-state index contributed by atoms with van der Waals surface area (Å²) >= 11 is 1.95. The van der Waals surface area contributed by atoms with Crippen LogP contribution in [-0.2, 0) is 4.79 Å². The van der Waals surface area contributed by atoms with E-state index in [9.17, 15) is 4.79 Å². The van der Waals surface area contributed by atoms with Gasteiger partial charge in [-0.25, -0.2) is 4.98 Å². The van der Waals surface area contributed by atoms with Gasteiger partial charge in [-0.3, -0.25) is 4.79 Å². The number of thioether (sulfide) groups is 1. The molecule has 4 rings (SSSR count). The summed E-state index contributed by atoms with van der Waals surface area (Å²) in [6.45, 7) is 3.68. The van der Waals surface area contributed by atoms with Crippen LogP contribution >= 0.6 is 11.8 Å². The number of anilines is 1. The average molecular weight is 341 g/mol. The van der Waals surface area contributed by atoms with Gasteiger partial charge in [0.15, 0.2) is 0 Å². The molecule has 2 aliphatic rings. The Balaban J connectivity index is 1.45. The molecule has 5 heteroatoms. The van der Waals surface area contributed by atoms with Gasteiger partial charge in [-0.15, -0.1) is 0 Å². The van der Waals surface area contributed by atoms with E-state index in [1.54, 1.807) is 0 Å². The molecular weight excluding hydrogens is 318 g/mol. The van der Waals surface area contributed by atoms with Gasteiger partial charge in [0.25, 0.3) is 0 Å². The second-order valence-corrected chi connectivity index (χ2v) is 7.78. The van der Waals surface area contributed by atoms with Crippen LogP contribution in [0.2, 0.25) is 0 Å². The van der Waals surface area contributed by atoms with Crippen LogP contribution in [0.1, 0.15) is 12.8 Å². The molecule has 4 nitrogen and oxygen atoms in total. The maximum atomic E-state index is 12.7. The van der Waals surface area contributed by atoms with Crippen LogP contribution in [0, 0.1) is 5.92 Å². The lowest BCUT2D eigenvalue weighted by atomic mass is 9.95. The summed E-state index contributed by atoms with van der Waals surface area (Å²) < 4.78 is 0. The molecule has 0 spiro atoms. The number of hydrogen-bond acceptors (Lipinski definition) is 4. The van der Waals surface area contributed by atoms with Gasteiger partial charge in [0.05, 0.1) is 0 Å². The molecule has 0 N–H and O–H groups in total. The number of carbonyl (C=O) groups is 1. The van der Waals surface area contributed by atoms with Crippen LogP contribution in [0.15, 0.2) is 36.5 Å². The van der Waals surface area contributed by atoms with Crippen molar-refractivity contribution in [3.05, 3.63) is 36.5 Å². The Kier molecular flexibility index (Phi) is 4.60. The number of rotatable bonds is 2. The minimum Gasteiger partial charge on any atom is -0.356 e. The van der Waals surface area contributed by atoms with E-state index in [-0.39, 0.29) is 5.92 Å². The van der Waals surface area contributed by atoms with E-state index < -0.39 is 0 Å². The minimum atomic E-state index is 0.194. The minimum absolute atomic E-state index is 0.194. The first-order valence-electron chi connectivity index (χ1n) is 8.78. The predicted molar refractivity (Wildman–Crippen MR) is 101 cm³/mol. The van der Waals surface area contributed by atoms with Gasteiger partial charge in [0.1, 0.15) is 5.82 Å². The largest absolute Gasteiger partial charge is 0.356 e. The molecule has 24 heavy (non-hydrogen) atoms. The van der Waals surface area contributed by atoms with Crippen LogP contribution in [0.4, 0.5) is 5.82 Å². The number of nitrogens with zero attached hydrogens (tertiary/aromatic N) is 3. The molecule has 0 radical (unpaired) electrons. The zero-order chi connectivity index (χ0) is 16.4. The van der Waals surface area contributed by atoms with E-state index in [4.69, 9.17) is 0 Å². The molecule has 2 fully saturated rings. The highest BCUT2D eigenvalue weighted by Crippen LogP contribution is 2.29. The van der Waals surface area contributed by atoms with Crippen molar-refractivity contribution in [2.45, 2.75) is 12.8 Å². The Bertz CT molecular complexity index is 716. The second-order valence-electron chi connectivity index (χ2n) is 6.55. The van der Waals surface area contributed by atoms with E-state index in [1.165, 1.54) is 10.8 Å². The molecule has 0 aliphatic carbocycles.